The molecule has 0 aliphatic carbocycles. The Hall–Kier alpha value is -1.86. The van der Waals surface area contributed by atoms with Crippen LogP contribution in [0.3, 0.4) is 0 Å². The molecule has 0 bridgehead atoms. The highest BCUT2D eigenvalue weighted by molar-refractivity contribution is 5.68. The number of ether oxygens (including phenoxy) is 3. The van der Waals surface area contributed by atoms with Crippen LogP contribution in [0.5, 0.6) is 11.5 Å². The molecule has 0 aromatic heterocycles. The molecule has 0 spiro atoms. The van der Waals surface area contributed by atoms with Crippen LogP contribution in [0.15, 0.2) is 12.1 Å². The second kappa shape index (κ2) is 8.34. The second-order valence-corrected chi connectivity index (χ2v) is 3.78. The minimum absolute atomic E-state index is 0.0222. The molecule has 6 nitrogen and oxygen atoms in total. The summed E-state index contributed by atoms with van der Waals surface area (Å²) < 4.78 is 29.1. The van der Waals surface area contributed by atoms with Gasteiger partial charge in [-0.3, -0.25) is 0 Å². The molecule has 0 radical (unpaired) electrons. The van der Waals surface area contributed by atoms with Crippen LogP contribution in [0.25, 0.3) is 0 Å². The predicted molar refractivity (Wildman–Crippen MR) is 67.4 cm³/mol. The van der Waals surface area contributed by atoms with Crippen LogP contribution in [0, 0.1) is 5.82 Å². The summed E-state index contributed by atoms with van der Waals surface area (Å²) in [6.07, 6.45) is 0. The number of aliphatic hydroxyl groups is 1. The zero-order valence-electron chi connectivity index (χ0n) is 11.1. The van der Waals surface area contributed by atoms with Crippen LogP contribution < -0.4 is 9.47 Å². The maximum absolute atomic E-state index is 13.8. The first-order chi connectivity index (χ1) is 9.58. The average molecular weight is 288 g/mol. The van der Waals surface area contributed by atoms with Crippen LogP contribution in [0.2, 0.25) is 0 Å². The molecule has 0 aliphatic rings. The predicted octanol–water partition coefficient (Wildman–Crippen LogP) is 1.20. The Kier molecular flexibility index (Phi) is 6.75. The fraction of sp³-hybridized carbons (Fsp3) is 0.462. The van der Waals surface area contributed by atoms with Gasteiger partial charge in [-0.1, -0.05) is 0 Å². The van der Waals surface area contributed by atoms with Crippen molar-refractivity contribution in [2.24, 2.45) is 0 Å². The van der Waals surface area contributed by atoms with Gasteiger partial charge in [0.25, 0.3) is 0 Å². The summed E-state index contributed by atoms with van der Waals surface area (Å²) >= 11 is 0. The number of rotatable bonds is 9. The topological polar surface area (TPSA) is 85.2 Å². The summed E-state index contributed by atoms with van der Waals surface area (Å²) in [5.41, 5.74) is 0.172. The molecule has 0 fully saturated rings. The molecule has 0 heterocycles. The summed E-state index contributed by atoms with van der Waals surface area (Å²) in [6.45, 7) is 1.26. The maximum Gasteiger partial charge on any atom is 0.329 e. The van der Waals surface area contributed by atoms with E-state index in [-0.39, 0.29) is 31.1 Å². The van der Waals surface area contributed by atoms with E-state index in [0.29, 0.717) is 12.4 Å². The van der Waals surface area contributed by atoms with E-state index >= 15 is 0 Å². The van der Waals surface area contributed by atoms with Gasteiger partial charge in [0.1, 0.15) is 19.0 Å². The van der Waals surface area contributed by atoms with Gasteiger partial charge in [-0.15, -0.1) is 0 Å². The summed E-state index contributed by atoms with van der Waals surface area (Å²) in [4.78, 5) is 10.3. The highest BCUT2D eigenvalue weighted by Crippen LogP contribution is 2.30. The first kappa shape index (κ1) is 16.2. The lowest BCUT2D eigenvalue weighted by molar-refractivity contribution is -0.142. The van der Waals surface area contributed by atoms with Crippen molar-refractivity contribution in [3.8, 4) is 11.5 Å². The maximum atomic E-state index is 13.8. The fourth-order valence-corrected chi connectivity index (χ4v) is 1.47. The molecule has 1 aromatic rings. The molecule has 7 heteroatoms. The molecule has 0 aliphatic heterocycles. The van der Waals surface area contributed by atoms with E-state index in [4.69, 9.17) is 24.4 Å². The zero-order chi connectivity index (χ0) is 15.0. The van der Waals surface area contributed by atoms with Crippen molar-refractivity contribution in [1.29, 1.82) is 0 Å². The summed E-state index contributed by atoms with van der Waals surface area (Å²) in [7, 11) is 0. The summed E-state index contributed by atoms with van der Waals surface area (Å²) in [5.74, 6) is -1.22. The number of hydrogen-bond donors (Lipinski definition) is 2. The van der Waals surface area contributed by atoms with Crippen LogP contribution >= 0.6 is 0 Å². The van der Waals surface area contributed by atoms with Crippen molar-refractivity contribution in [2.45, 2.75) is 13.5 Å². The largest absolute Gasteiger partial charge is 0.490 e. The van der Waals surface area contributed by atoms with Crippen LogP contribution in [0.1, 0.15) is 12.5 Å². The molecular weight excluding hydrogens is 271 g/mol. The SMILES string of the molecule is CCOc1cc(COCC(=O)O)c(F)cc1OCCO. The van der Waals surface area contributed by atoms with E-state index in [1.54, 1.807) is 6.92 Å². The van der Waals surface area contributed by atoms with Crippen LogP contribution in [0.4, 0.5) is 4.39 Å². The van der Waals surface area contributed by atoms with Gasteiger partial charge >= 0.3 is 5.97 Å². The first-order valence-corrected chi connectivity index (χ1v) is 6.06. The van der Waals surface area contributed by atoms with E-state index in [1.807, 2.05) is 0 Å². The Morgan fingerprint density at radius 3 is 2.60 bits per heavy atom. The van der Waals surface area contributed by atoms with Gasteiger partial charge in [0.05, 0.1) is 19.8 Å². The van der Waals surface area contributed by atoms with Gasteiger partial charge < -0.3 is 24.4 Å². The van der Waals surface area contributed by atoms with Crippen molar-refractivity contribution in [3.63, 3.8) is 0 Å². The van der Waals surface area contributed by atoms with E-state index in [1.165, 1.54) is 6.07 Å². The quantitative estimate of drug-likeness (QED) is 0.710. The molecular formula is C13H17FO6. The number of carboxylic acids is 1. The number of aliphatic hydroxyl groups excluding tert-OH is 1. The van der Waals surface area contributed by atoms with E-state index in [9.17, 15) is 9.18 Å². The van der Waals surface area contributed by atoms with Gasteiger partial charge in [0.15, 0.2) is 11.5 Å². The minimum Gasteiger partial charge on any atom is -0.490 e. The number of halogens is 1. The lowest BCUT2D eigenvalue weighted by Gasteiger charge is -2.13. The van der Waals surface area contributed by atoms with Gasteiger partial charge in [0.2, 0.25) is 0 Å². The molecule has 20 heavy (non-hydrogen) atoms. The Bertz CT molecular complexity index is 449. The third kappa shape index (κ3) is 5.02. The van der Waals surface area contributed by atoms with E-state index < -0.39 is 18.4 Å². The third-order valence-corrected chi connectivity index (χ3v) is 2.24. The van der Waals surface area contributed by atoms with Crippen LogP contribution in [-0.2, 0) is 16.1 Å². The summed E-state index contributed by atoms with van der Waals surface area (Å²) in [5, 5.41) is 17.2. The molecule has 1 rings (SSSR count). The highest BCUT2D eigenvalue weighted by atomic mass is 19.1. The number of benzene rings is 1. The van der Waals surface area contributed by atoms with E-state index in [2.05, 4.69) is 0 Å². The van der Waals surface area contributed by atoms with Crippen molar-refractivity contribution >= 4 is 5.97 Å². The van der Waals surface area contributed by atoms with Crippen LogP contribution in [-0.4, -0.2) is 42.6 Å². The monoisotopic (exact) mass is 288 g/mol. The number of carboxylic acid groups (broad SMARTS) is 1. The molecule has 2 N–H and O–H groups in total. The summed E-state index contributed by atoms with van der Waals surface area (Å²) in [6, 6.07) is 2.52. The Balaban J connectivity index is 2.84. The molecule has 0 saturated heterocycles. The number of aliphatic carboxylic acids is 1. The van der Waals surface area contributed by atoms with Crippen molar-refractivity contribution < 1.29 is 33.6 Å². The zero-order valence-corrected chi connectivity index (χ0v) is 11.1. The van der Waals surface area contributed by atoms with Gasteiger partial charge in [0, 0.05) is 11.6 Å². The molecule has 112 valence electrons. The molecule has 0 saturated carbocycles. The van der Waals surface area contributed by atoms with Crippen molar-refractivity contribution in [1.82, 2.24) is 0 Å². The standard InChI is InChI=1S/C13H17FO6/c1-2-19-11-5-9(7-18-8-13(16)17)10(14)6-12(11)20-4-3-15/h5-6,15H,2-4,7-8H2,1H3,(H,16,17). The van der Waals surface area contributed by atoms with Gasteiger partial charge in [-0.05, 0) is 13.0 Å². The normalized spacial score (nSPS) is 10.3. The third-order valence-electron chi connectivity index (χ3n) is 2.24. The minimum atomic E-state index is -1.13. The molecule has 0 unspecified atom stereocenters. The molecule has 0 atom stereocenters. The number of carbonyl (C=O) groups is 1. The lowest BCUT2D eigenvalue weighted by Crippen LogP contribution is -2.09. The van der Waals surface area contributed by atoms with E-state index in [0.717, 1.165) is 6.07 Å². The van der Waals surface area contributed by atoms with Crippen molar-refractivity contribution in [3.05, 3.63) is 23.5 Å². The fourth-order valence-electron chi connectivity index (χ4n) is 1.47. The lowest BCUT2D eigenvalue weighted by atomic mass is 10.2. The smallest absolute Gasteiger partial charge is 0.329 e. The second-order valence-electron chi connectivity index (χ2n) is 3.78. The highest BCUT2D eigenvalue weighted by Gasteiger charge is 2.13. The van der Waals surface area contributed by atoms with Crippen molar-refractivity contribution in [2.75, 3.05) is 26.4 Å². The number of hydrogen-bond acceptors (Lipinski definition) is 5. The average Bonchev–Trinajstić information content (AvgIpc) is 2.40. The Morgan fingerprint density at radius 1 is 1.30 bits per heavy atom. The molecule has 0 amide bonds. The molecule has 1 aromatic carbocycles. The van der Waals surface area contributed by atoms with Gasteiger partial charge in [-0.2, -0.15) is 0 Å². The Labute approximate surface area is 115 Å². The van der Waals surface area contributed by atoms with Gasteiger partial charge in [-0.25, -0.2) is 9.18 Å². The Morgan fingerprint density at radius 2 is 2.00 bits per heavy atom. The first-order valence-electron chi connectivity index (χ1n) is 6.06.